The van der Waals surface area contributed by atoms with Crippen molar-refractivity contribution in [3.05, 3.63) is 70.4 Å². The van der Waals surface area contributed by atoms with Crippen LogP contribution in [0.25, 0.3) is 10.9 Å². The summed E-state index contributed by atoms with van der Waals surface area (Å²) >= 11 is 0. The summed E-state index contributed by atoms with van der Waals surface area (Å²) in [4.78, 5) is 16.2. The molecule has 1 amide bonds. The van der Waals surface area contributed by atoms with E-state index in [2.05, 4.69) is 42.3 Å². The van der Waals surface area contributed by atoms with Gasteiger partial charge in [-0.15, -0.1) is 0 Å². The van der Waals surface area contributed by atoms with Gasteiger partial charge in [0.05, 0.1) is 11.1 Å². The highest BCUT2D eigenvalue weighted by Crippen LogP contribution is 2.26. The van der Waals surface area contributed by atoms with E-state index in [0.29, 0.717) is 17.6 Å². The van der Waals surface area contributed by atoms with Crippen molar-refractivity contribution in [1.29, 1.82) is 0 Å². The number of anilines is 1. The van der Waals surface area contributed by atoms with Gasteiger partial charge in [-0.2, -0.15) is 0 Å². The number of pyridine rings is 1. The Morgan fingerprint density at radius 2 is 1.92 bits per heavy atom. The molecule has 4 nitrogen and oxygen atoms in total. The maximum absolute atomic E-state index is 11.7. The highest BCUT2D eigenvalue weighted by molar-refractivity contribution is 6.07. The lowest BCUT2D eigenvalue weighted by molar-refractivity contribution is 0.100. The highest BCUT2D eigenvalue weighted by Gasteiger charge is 2.11. The Balaban J connectivity index is 2.02. The molecule has 1 aromatic heterocycles. The van der Waals surface area contributed by atoms with E-state index in [-0.39, 0.29) is 0 Å². The van der Waals surface area contributed by atoms with Gasteiger partial charge in [0.15, 0.2) is 0 Å². The number of carbonyl (C=O) groups excluding carboxylic acids is 1. The van der Waals surface area contributed by atoms with Gasteiger partial charge in [0.1, 0.15) is 0 Å². The third kappa shape index (κ3) is 3.08. The molecule has 0 saturated carbocycles. The van der Waals surface area contributed by atoms with Gasteiger partial charge < -0.3 is 11.1 Å². The largest absolute Gasteiger partial charge is 0.380 e. The minimum absolute atomic E-state index is 0.450. The summed E-state index contributed by atoms with van der Waals surface area (Å²) in [6.45, 7) is 6.83. The Morgan fingerprint density at radius 3 is 2.67 bits per heavy atom. The molecule has 0 radical (unpaired) electrons. The fourth-order valence-corrected chi connectivity index (χ4v) is 2.90. The Labute approximate surface area is 141 Å². The van der Waals surface area contributed by atoms with Crippen LogP contribution in [0.4, 0.5) is 5.69 Å². The van der Waals surface area contributed by atoms with Crippen LogP contribution in [-0.2, 0) is 6.54 Å². The van der Waals surface area contributed by atoms with Crippen LogP contribution in [0.1, 0.15) is 32.7 Å². The number of carbonyl (C=O) groups is 1. The zero-order valence-electron chi connectivity index (χ0n) is 14.2. The van der Waals surface area contributed by atoms with Crippen LogP contribution in [0.2, 0.25) is 0 Å². The zero-order valence-corrected chi connectivity index (χ0v) is 14.2. The van der Waals surface area contributed by atoms with E-state index in [1.165, 1.54) is 16.7 Å². The average molecular weight is 319 g/mol. The number of hydrogen-bond acceptors (Lipinski definition) is 3. The van der Waals surface area contributed by atoms with Crippen molar-refractivity contribution in [3.63, 3.8) is 0 Å². The number of para-hydroxylation sites is 1. The lowest BCUT2D eigenvalue weighted by Gasteiger charge is -2.14. The molecular formula is C20H21N3O. The summed E-state index contributed by atoms with van der Waals surface area (Å²) < 4.78 is 0. The van der Waals surface area contributed by atoms with Crippen molar-refractivity contribution in [2.75, 3.05) is 5.32 Å². The molecule has 4 heteroatoms. The smallest absolute Gasteiger partial charge is 0.250 e. The fraction of sp³-hybridized carbons (Fsp3) is 0.200. The Kier molecular flexibility index (Phi) is 4.21. The SMILES string of the molecule is Cc1ccc(C)c(CNc2cc(C)nc3c(C(N)=O)cccc23)c1. The minimum atomic E-state index is -0.459. The van der Waals surface area contributed by atoms with Gasteiger partial charge in [0, 0.05) is 23.3 Å². The van der Waals surface area contributed by atoms with Crippen LogP contribution in [0, 0.1) is 20.8 Å². The molecule has 122 valence electrons. The summed E-state index contributed by atoms with van der Waals surface area (Å²) in [5.41, 5.74) is 12.1. The summed E-state index contributed by atoms with van der Waals surface area (Å²) in [7, 11) is 0. The molecule has 2 aromatic carbocycles. The van der Waals surface area contributed by atoms with Gasteiger partial charge in [-0.05, 0) is 44.0 Å². The van der Waals surface area contributed by atoms with E-state index in [9.17, 15) is 4.79 Å². The predicted molar refractivity (Wildman–Crippen MR) is 98.2 cm³/mol. The number of primary amides is 1. The molecule has 0 fully saturated rings. The molecular weight excluding hydrogens is 298 g/mol. The maximum Gasteiger partial charge on any atom is 0.250 e. The van der Waals surface area contributed by atoms with Crippen LogP contribution in [0.5, 0.6) is 0 Å². The summed E-state index contributed by atoms with van der Waals surface area (Å²) in [5.74, 6) is -0.459. The lowest BCUT2D eigenvalue weighted by Crippen LogP contribution is -2.12. The van der Waals surface area contributed by atoms with Crippen LogP contribution in [0.3, 0.4) is 0 Å². The highest BCUT2D eigenvalue weighted by atomic mass is 16.1. The number of hydrogen-bond donors (Lipinski definition) is 2. The quantitative estimate of drug-likeness (QED) is 0.767. The Bertz CT molecular complexity index is 932. The van der Waals surface area contributed by atoms with Gasteiger partial charge in [-0.3, -0.25) is 9.78 Å². The van der Waals surface area contributed by atoms with Crippen molar-refractivity contribution < 1.29 is 4.79 Å². The summed E-state index contributed by atoms with van der Waals surface area (Å²) in [6.07, 6.45) is 0. The second-order valence-electron chi connectivity index (χ2n) is 6.16. The number of benzene rings is 2. The van der Waals surface area contributed by atoms with Crippen LogP contribution in [0.15, 0.2) is 42.5 Å². The van der Waals surface area contributed by atoms with Crippen molar-refractivity contribution in [3.8, 4) is 0 Å². The first-order valence-corrected chi connectivity index (χ1v) is 7.96. The van der Waals surface area contributed by atoms with Crippen LogP contribution < -0.4 is 11.1 Å². The number of rotatable bonds is 4. The molecule has 0 bridgehead atoms. The summed E-state index contributed by atoms with van der Waals surface area (Å²) in [6, 6.07) is 13.9. The first-order valence-electron chi connectivity index (χ1n) is 7.96. The molecule has 1 heterocycles. The molecule has 3 aromatic rings. The first kappa shape index (κ1) is 16.0. The zero-order chi connectivity index (χ0) is 17.3. The number of amides is 1. The predicted octanol–water partition coefficient (Wildman–Crippen LogP) is 3.87. The van der Waals surface area contributed by atoms with Gasteiger partial charge in [0.2, 0.25) is 0 Å². The number of nitrogens with one attached hydrogen (secondary N) is 1. The average Bonchev–Trinajstić information content (AvgIpc) is 2.54. The molecule has 0 unspecified atom stereocenters. The van der Waals surface area contributed by atoms with E-state index in [4.69, 9.17) is 5.73 Å². The third-order valence-electron chi connectivity index (χ3n) is 4.21. The fourth-order valence-electron chi connectivity index (χ4n) is 2.90. The minimum Gasteiger partial charge on any atom is -0.380 e. The van der Waals surface area contributed by atoms with Crippen LogP contribution >= 0.6 is 0 Å². The first-order chi connectivity index (χ1) is 11.5. The second-order valence-corrected chi connectivity index (χ2v) is 6.16. The summed E-state index contributed by atoms with van der Waals surface area (Å²) in [5, 5.41) is 4.39. The van der Waals surface area contributed by atoms with E-state index >= 15 is 0 Å². The molecule has 0 aliphatic rings. The second kappa shape index (κ2) is 6.32. The molecule has 0 aliphatic heterocycles. The van der Waals surface area contributed by atoms with Crippen molar-refractivity contribution in [1.82, 2.24) is 4.98 Å². The number of aromatic nitrogens is 1. The molecule has 3 rings (SSSR count). The van der Waals surface area contributed by atoms with E-state index < -0.39 is 5.91 Å². The van der Waals surface area contributed by atoms with Gasteiger partial charge in [-0.25, -0.2) is 0 Å². The Hall–Kier alpha value is -2.88. The molecule has 0 atom stereocenters. The molecule has 24 heavy (non-hydrogen) atoms. The van der Waals surface area contributed by atoms with E-state index in [1.807, 2.05) is 25.1 Å². The van der Waals surface area contributed by atoms with Crippen molar-refractivity contribution in [2.45, 2.75) is 27.3 Å². The normalized spacial score (nSPS) is 10.8. The molecule has 0 aliphatic carbocycles. The van der Waals surface area contributed by atoms with Gasteiger partial charge in [-0.1, -0.05) is 35.9 Å². The van der Waals surface area contributed by atoms with Crippen LogP contribution in [-0.4, -0.2) is 10.9 Å². The van der Waals surface area contributed by atoms with Crippen molar-refractivity contribution >= 4 is 22.5 Å². The monoisotopic (exact) mass is 319 g/mol. The Morgan fingerprint density at radius 1 is 1.12 bits per heavy atom. The number of nitrogens with two attached hydrogens (primary N) is 1. The van der Waals surface area contributed by atoms with Crippen molar-refractivity contribution in [2.24, 2.45) is 5.73 Å². The molecule has 0 saturated heterocycles. The maximum atomic E-state index is 11.7. The molecule has 3 N–H and O–H groups in total. The number of aryl methyl sites for hydroxylation is 3. The number of nitrogens with zero attached hydrogens (tertiary/aromatic N) is 1. The van der Waals surface area contributed by atoms with E-state index in [1.54, 1.807) is 6.07 Å². The van der Waals surface area contributed by atoms with Gasteiger partial charge >= 0.3 is 0 Å². The van der Waals surface area contributed by atoms with E-state index in [0.717, 1.165) is 16.8 Å². The van der Waals surface area contributed by atoms with Gasteiger partial charge in [0.25, 0.3) is 5.91 Å². The number of fused-ring (bicyclic) bond motifs is 1. The lowest BCUT2D eigenvalue weighted by atomic mass is 10.0. The topological polar surface area (TPSA) is 68.0 Å². The third-order valence-corrected chi connectivity index (χ3v) is 4.21. The molecule has 0 spiro atoms. The standard InChI is InChI=1S/C20H21N3O/c1-12-7-8-13(2)15(9-12)11-22-18-10-14(3)23-19-16(18)5-4-6-17(19)20(21)24/h4-10H,11H2,1-3H3,(H2,21,24)(H,22,23).